The van der Waals surface area contributed by atoms with Gasteiger partial charge in [-0.1, -0.05) is 19.1 Å². The van der Waals surface area contributed by atoms with Crippen LogP contribution >= 0.6 is 0 Å². The molecule has 0 radical (unpaired) electrons. The molecule has 3 heterocycles. The van der Waals surface area contributed by atoms with E-state index in [1.165, 1.54) is 19.2 Å². The third kappa shape index (κ3) is 3.09. The quantitative estimate of drug-likeness (QED) is 0.779. The van der Waals surface area contributed by atoms with Crippen molar-refractivity contribution in [3.63, 3.8) is 0 Å². The summed E-state index contributed by atoms with van der Waals surface area (Å²) in [6.45, 7) is 3.10. The highest BCUT2D eigenvalue weighted by Gasteiger charge is 2.55. The van der Waals surface area contributed by atoms with Gasteiger partial charge in [0.2, 0.25) is 0 Å². The maximum Gasteiger partial charge on any atom is 0.311 e. The number of pyridine rings is 1. The maximum absolute atomic E-state index is 13.3. The molecule has 154 valence electrons. The van der Waals surface area contributed by atoms with Crippen LogP contribution in [0.2, 0.25) is 0 Å². The average molecular weight is 400 g/mol. The predicted molar refractivity (Wildman–Crippen MR) is 106 cm³/mol. The van der Waals surface area contributed by atoms with E-state index in [-0.39, 0.29) is 42.0 Å². The number of ether oxygens (including phenoxy) is 1. The summed E-state index contributed by atoms with van der Waals surface area (Å²) >= 11 is 0. The minimum Gasteiger partial charge on any atom is -0.469 e. The molecule has 29 heavy (non-hydrogen) atoms. The van der Waals surface area contributed by atoms with E-state index in [9.17, 15) is 19.1 Å². The Labute approximate surface area is 168 Å². The second kappa shape index (κ2) is 7.72. The lowest BCUT2D eigenvalue weighted by molar-refractivity contribution is -0.148. The van der Waals surface area contributed by atoms with E-state index in [1.54, 1.807) is 22.8 Å². The second-order valence-electron chi connectivity index (χ2n) is 7.74. The van der Waals surface area contributed by atoms with Gasteiger partial charge in [0.1, 0.15) is 5.82 Å². The fraction of sp³-hybridized carbons (Fsp3) is 0.455. The van der Waals surface area contributed by atoms with Crippen molar-refractivity contribution < 1.29 is 19.0 Å². The van der Waals surface area contributed by atoms with Crippen LogP contribution in [0.15, 0.2) is 41.2 Å². The van der Waals surface area contributed by atoms with E-state index in [0.29, 0.717) is 17.7 Å². The summed E-state index contributed by atoms with van der Waals surface area (Å²) in [6, 6.07) is 9.03. The first-order valence-corrected chi connectivity index (χ1v) is 9.95. The van der Waals surface area contributed by atoms with Gasteiger partial charge in [-0.25, -0.2) is 4.39 Å². The van der Waals surface area contributed by atoms with Crippen molar-refractivity contribution in [3.8, 4) is 11.1 Å². The maximum atomic E-state index is 13.3. The number of methoxy groups -OCH3 is 1. The number of carbonyl (C=O) groups is 1. The lowest BCUT2D eigenvalue weighted by atomic mass is 9.87. The molecule has 4 rings (SSSR count). The Hall–Kier alpha value is -2.51. The van der Waals surface area contributed by atoms with Crippen LogP contribution in [0.3, 0.4) is 0 Å². The molecule has 1 N–H and O–H groups in total. The van der Waals surface area contributed by atoms with Gasteiger partial charge in [-0.05, 0) is 42.8 Å². The van der Waals surface area contributed by atoms with Gasteiger partial charge in [-0.15, -0.1) is 0 Å². The average Bonchev–Trinajstić information content (AvgIpc) is 2.93. The van der Waals surface area contributed by atoms with Crippen molar-refractivity contribution in [2.24, 2.45) is 11.8 Å². The van der Waals surface area contributed by atoms with Gasteiger partial charge in [0.15, 0.2) is 0 Å². The number of benzene rings is 1. The van der Waals surface area contributed by atoms with Gasteiger partial charge in [0.25, 0.3) is 5.56 Å². The molecule has 0 spiro atoms. The highest BCUT2D eigenvalue weighted by molar-refractivity contribution is 5.75. The minimum atomic E-state index is -0.522. The van der Waals surface area contributed by atoms with Crippen LogP contribution in [-0.2, 0) is 16.1 Å². The number of halogens is 1. The number of nitrogens with zero attached hydrogens (tertiary/aromatic N) is 2. The van der Waals surface area contributed by atoms with Crippen molar-refractivity contribution >= 4 is 5.97 Å². The number of hydrogen-bond acceptors (Lipinski definition) is 5. The first-order chi connectivity index (χ1) is 14.0. The standard InChI is InChI=1S/C22H25FN2O4/c1-3-10-24-18-11-25-17(20(24)19(16(18)12-26)22(28)29-2)9-8-15(21(25)27)13-4-6-14(23)7-5-13/h4-9,16,18-20,26H,3,10-12H2,1-2H3/t16-,18-,19+,20+/m1/s1. The van der Waals surface area contributed by atoms with E-state index in [0.717, 1.165) is 18.7 Å². The summed E-state index contributed by atoms with van der Waals surface area (Å²) in [5, 5.41) is 10.1. The lowest BCUT2D eigenvalue weighted by Gasteiger charge is -2.38. The minimum absolute atomic E-state index is 0.122. The Morgan fingerprint density at radius 1 is 1.24 bits per heavy atom. The smallest absolute Gasteiger partial charge is 0.311 e. The third-order valence-electron chi connectivity index (χ3n) is 6.28. The zero-order chi connectivity index (χ0) is 20.7. The van der Waals surface area contributed by atoms with Gasteiger partial charge in [-0.2, -0.15) is 0 Å². The molecule has 2 aromatic rings. The van der Waals surface area contributed by atoms with E-state index < -0.39 is 5.92 Å². The SMILES string of the molecule is CCCN1[C@@H]2Cn3c(ccc(-c4ccc(F)cc4)c3=O)[C@H]1[C@@H](C(=O)OC)[C@@H]2CO. The van der Waals surface area contributed by atoms with Crippen LogP contribution in [0, 0.1) is 17.7 Å². The molecular weight excluding hydrogens is 375 g/mol. The largest absolute Gasteiger partial charge is 0.469 e. The molecule has 2 aliphatic rings. The molecule has 4 atom stereocenters. The summed E-state index contributed by atoms with van der Waals surface area (Å²) in [7, 11) is 1.36. The molecule has 1 aromatic carbocycles. The molecule has 2 bridgehead atoms. The fourth-order valence-corrected chi connectivity index (χ4v) is 5.04. The van der Waals surface area contributed by atoms with E-state index in [1.807, 2.05) is 6.07 Å². The van der Waals surface area contributed by atoms with Crippen LogP contribution in [0.5, 0.6) is 0 Å². The second-order valence-corrected chi connectivity index (χ2v) is 7.74. The predicted octanol–water partition coefficient (Wildman–Crippen LogP) is 2.20. The van der Waals surface area contributed by atoms with Crippen molar-refractivity contribution in [2.45, 2.75) is 32.0 Å². The van der Waals surface area contributed by atoms with E-state index in [2.05, 4.69) is 11.8 Å². The first-order valence-electron chi connectivity index (χ1n) is 9.95. The van der Waals surface area contributed by atoms with Gasteiger partial charge < -0.3 is 14.4 Å². The molecule has 0 saturated carbocycles. The zero-order valence-electron chi connectivity index (χ0n) is 16.5. The monoisotopic (exact) mass is 400 g/mol. The van der Waals surface area contributed by atoms with Gasteiger partial charge in [0, 0.05) is 36.4 Å². The molecule has 6 nitrogen and oxygen atoms in total. The van der Waals surface area contributed by atoms with Crippen LogP contribution < -0.4 is 5.56 Å². The molecule has 1 saturated heterocycles. The summed E-state index contributed by atoms with van der Waals surface area (Å²) < 4.78 is 20.0. The Morgan fingerprint density at radius 2 is 1.97 bits per heavy atom. The van der Waals surface area contributed by atoms with Crippen molar-refractivity contribution in [2.75, 3.05) is 20.3 Å². The summed E-state index contributed by atoms with van der Waals surface area (Å²) in [5.41, 5.74) is 1.74. The van der Waals surface area contributed by atoms with Crippen molar-refractivity contribution in [1.82, 2.24) is 9.47 Å². The summed E-state index contributed by atoms with van der Waals surface area (Å²) in [4.78, 5) is 28.1. The number of rotatable bonds is 5. The molecular formula is C22H25FN2O4. The highest BCUT2D eigenvalue weighted by atomic mass is 19.1. The Balaban J connectivity index is 1.85. The van der Waals surface area contributed by atoms with E-state index >= 15 is 0 Å². The molecule has 0 aliphatic carbocycles. The number of aliphatic hydroxyl groups is 1. The zero-order valence-corrected chi connectivity index (χ0v) is 16.5. The Morgan fingerprint density at radius 3 is 2.59 bits per heavy atom. The first kappa shape index (κ1) is 19.8. The third-order valence-corrected chi connectivity index (χ3v) is 6.28. The van der Waals surface area contributed by atoms with Crippen molar-refractivity contribution in [3.05, 3.63) is 58.3 Å². The number of carbonyl (C=O) groups excluding carboxylic acids is 1. The molecule has 1 fully saturated rings. The molecule has 0 unspecified atom stereocenters. The molecule has 2 aliphatic heterocycles. The Kier molecular flexibility index (Phi) is 5.27. The number of fused-ring (bicyclic) bond motifs is 4. The summed E-state index contributed by atoms with van der Waals surface area (Å²) in [6.07, 6.45) is 0.900. The molecule has 0 amide bonds. The van der Waals surface area contributed by atoms with Gasteiger partial charge in [0.05, 0.1) is 19.1 Å². The van der Waals surface area contributed by atoms with Gasteiger partial charge >= 0.3 is 5.97 Å². The fourth-order valence-electron chi connectivity index (χ4n) is 5.04. The number of esters is 1. The van der Waals surface area contributed by atoms with Crippen LogP contribution in [0.1, 0.15) is 25.1 Å². The number of aromatic nitrogens is 1. The van der Waals surface area contributed by atoms with Crippen LogP contribution in [0.25, 0.3) is 11.1 Å². The van der Waals surface area contributed by atoms with Crippen molar-refractivity contribution in [1.29, 1.82) is 0 Å². The van der Waals surface area contributed by atoms with Crippen LogP contribution in [0.4, 0.5) is 4.39 Å². The number of hydrogen-bond donors (Lipinski definition) is 1. The highest BCUT2D eigenvalue weighted by Crippen LogP contribution is 2.48. The van der Waals surface area contributed by atoms with E-state index in [4.69, 9.17) is 4.74 Å². The summed E-state index contributed by atoms with van der Waals surface area (Å²) in [5.74, 6) is -1.54. The Bertz CT molecular complexity index is 972. The van der Waals surface area contributed by atoms with Gasteiger partial charge in [-0.3, -0.25) is 14.5 Å². The number of aliphatic hydroxyl groups excluding tert-OH is 1. The molecule has 1 aromatic heterocycles. The van der Waals surface area contributed by atoms with Crippen LogP contribution in [-0.4, -0.2) is 46.8 Å². The normalized spacial score (nSPS) is 25.7. The lowest BCUT2D eigenvalue weighted by Crippen LogP contribution is -2.46. The molecule has 7 heteroatoms. The topological polar surface area (TPSA) is 71.8 Å².